The van der Waals surface area contributed by atoms with Crippen LogP contribution in [0.3, 0.4) is 0 Å². The summed E-state index contributed by atoms with van der Waals surface area (Å²) in [6.07, 6.45) is 3.73. The van der Waals surface area contributed by atoms with E-state index in [1.54, 1.807) is 6.20 Å². The highest BCUT2D eigenvalue weighted by Gasteiger charge is 2.38. The third kappa shape index (κ3) is 2.41. The molecule has 4 heterocycles. The van der Waals surface area contributed by atoms with Crippen molar-refractivity contribution in [2.45, 2.75) is 0 Å². The van der Waals surface area contributed by atoms with Gasteiger partial charge in [0.2, 0.25) is 0 Å². The van der Waals surface area contributed by atoms with Crippen molar-refractivity contribution < 1.29 is 0 Å². The molecule has 0 spiro atoms. The largest absolute Gasteiger partial charge is 0.384 e. The van der Waals surface area contributed by atoms with Crippen molar-refractivity contribution >= 4 is 11.6 Å². The van der Waals surface area contributed by atoms with Gasteiger partial charge in [-0.3, -0.25) is 0 Å². The summed E-state index contributed by atoms with van der Waals surface area (Å²) in [5.41, 5.74) is 7.76. The molecule has 2 aromatic rings. The third-order valence-electron chi connectivity index (χ3n) is 4.86. The first kappa shape index (κ1) is 13.5. The molecule has 0 aromatic carbocycles. The van der Waals surface area contributed by atoms with Crippen LogP contribution in [0.4, 0.5) is 11.6 Å². The SMILES string of the molecule is CN1CC2CN(c3ccc(-c4ccc(N)nc4)cn3)CC2C1. The average molecular weight is 295 g/mol. The van der Waals surface area contributed by atoms with E-state index in [1.165, 1.54) is 13.1 Å². The van der Waals surface area contributed by atoms with Crippen LogP contribution in [0.5, 0.6) is 0 Å². The number of anilines is 2. The Balaban J connectivity index is 1.50. The van der Waals surface area contributed by atoms with Crippen molar-refractivity contribution in [1.82, 2.24) is 14.9 Å². The van der Waals surface area contributed by atoms with Crippen LogP contribution in [-0.4, -0.2) is 48.1 Å². The molecule has 2 aromatic heterocycles. The zero-order valence-electron chi connectivity index (χ0n) is 12.8. The van der Waals surface area contributed by atoms with E-state index < -0.39 is 0 Å². The maximum absolute atomic E-state index is 5.63. The second kappa shape index (κ2) is 5.25. The Morgan fingerprint density at radius 1 is 0.909 bits per heavy atom. The van der Waals surface area contributed by atoms with Crippen molar-refractivity contribution in [3.05, 3.63) is 36.7 Å². The third-order valence-corrected chi connectivity index (χ3v) is 4.86. The van der Waals surface area contributed by atoms with Gasteiger partial charge in [-0.25, -0.2) is 9.97 Å². The fourth-order valence-corrected chi connectivity index (χ4v) is 3.73. The van der Waals surface area contributed by atoms with Gasteiger partial charge < -0.3 is 15.5 Å². The highest BCUT2D eigenvalue weighted by molar-refractivity contribution is 5.64. The number of nitrogens with two attached hydrogens (primary N) is 1. The topological polar surface area (TPSA) is 58.3 Å². The number of hydrogen-bond acceptors (Lipinski definition) is 5. The minimum Gasteiger partial charge on any atom is -0.384 e. The molecule has 0 radical (unpaired) electrons. The van der Waals surface area contributed by atoms with Crippen LogP contribution in [0.1, 0.15) is 0 Å². The number of nitrogens with zero attached hydrogens (tertiary/aromatic N) is 4. The van der Waals surface area contributed by atoms with Gasteiger partial charge in [-0.1, -0.05) is 0 Å². The molecule has 0 bridgehead atoms. The van der Waals surface area contributed by atoms with E-state index in [2.05, 4.69) is 38.9 Å². The first-order chi connectivity index (χ1) is 10.7. The summed E-state index contributed by atoms with van der Waals surface area (Å²) < 4.78 is 0. The van der Waals surface area contributed by atoms with Gasteiger partial charge in [0.05, 0.1) is 0 Å². The zero-order chi connectivity index (χ0) is 15.1. The number of hydrogen-bond donors (Lipinski definition) is 1. The van der Waals surface area contributed by atoms with Crippen molar-refractivity contribution in [2.75, 3.05) is 43.9 Å². The molecule has 5 heteroatoms. The molecule has 2 aliphatic rings. The molecule has 0 amide bonds. The highest BCUT2D eigenvalue weighted by atomic mass is 15.3. The Labute approximate surface area is 130 Å². The van der Waals surface area contributed by atoms with Crippen molar-refractivity contribution in [2.24, 2.45) is 11.8 Å². The Kier molecular flexibility index (Phi) is 3.22. The van der Waals surface area contributed by atoms with Gasteiger partial charge >= 0.3 is 0 Å². The summed E-state index contributed by atoms with van der Waals surface area (Å²) in [6, 6.07) is 8.04. The number of pyridine rings is 2. The van der Waals surface area contributed by atoms with E-state index in [0.717, 1.165) is 41.9 Å². The van der Waals surface area contributed by atoms with Crippen LogP contribution in [-0.2, 0) is 0 Å². The normalized spacial score (nSPS) is 24.7. The van der Waals surface area contributed by atoms with E-state index in [4.69, 9.17) is 5.73 Å². The number of nitrogen functional groups attached to an aromatic ring is 1. The first-order valence-electron chi connectivity index (χ1n) is 7.80. The summed E-state index contributed by atoms with van der Waals surface area (Å²) in [5, 5.41) is 0. The fraction of sp³-hybridized carbons (Fsp3) is 0.412. The van der Waals surface area contributed by atoms with Gasteiger partial charge in [-0.15, -0.1) is 0 Å². The van der Waals surface area contributed by atoms with E-state index in [-0.39, 0.29) is 0 Å². The number of rotatable bonds is 2. The van der Waals surface area contributed by atoms with Crippen LogP contribution < -0.4 is 10.6 Å². The molecule has 2 saturated heterocycles. The van der Waals surface area contributed by atoms with E-state index in [1.807, 2.05) is 18.3 Å². The standard InChI is InChI=1S/C17H21N5/c1-21-8-14-10-22(11-15(14)9-21)17-5-3-13(7-20-17)12-2-4-16(18)19-6-12/h2-7,14-15H,8-11H2,1H3,(H2,18,19). The number of fused-ring (bicyclic) bond motifs is 1. The highest BCUT2D eigenvalue weighted by Crippen LogP contribution is 2.33. The van der Waals surface area contributed by atoms with E-state index >= 15 is 0 Å². The lowest BCUT2D eigenvalue weighted by atomic mass is 10.0. The Morgan fingerprint density at radius 2 is 1.55 bits per heavy atom. The molecule has 2 fully saturated rings. The first-order valence-corrected chi connectivity index (χ1v) is 7.80. The smallest absolute Gasteiger partial charge is 0.128 e. The van der Waals surface area contributed by atoms with Crippen LogP contribution in [0.2, 0.25) is 0 Å². The van der Waals surface area contributed by atoms with Crippen LogP contribution in [0.25, 0.3) is 11.1 Å². The van der Waals surface area contributed by atoms with Crippen LogP contribution >= 0.6 is 0 Å². The summed E-state index contributed by atoms with van der Waals surface area (Å²) in [4.78, 5) is 13.7. The Bertz CT molecular complexity index is 638. The predicted molar refractivity (Wildman–Crippen MR) is 88.6 cm³/mol. The quantitative estimate of drug-likeness (QED) is 0.914. The Hall–Kier alpha value is -2.14. The molecule has 2 N–H and O–H groups in total. The summed E-state index contributed by atoms with van der Waals surface area (Å²) >= 11 is 0. The van der Waals surface area contributed by atoms with Gasteiger partial charge in [0.15, 0.2) is 0 Å². The van der Waals surface area contributed by atoms with Crippen molar-refractivity contribution in [3.8, 4) is 11.1 Å². The molecule has 2 unspecified atom stereocenters. The van der Waals surface area contributed by atoms with Crippen LogP contribution in [0.15, 0.2) is 36.7 Å². The molecule has 114 valence electrons. The molecular weight excluding hydrogens is 274 g/mol. The minimum atomic E-state index is 0.543. The van der Waals surface area contributed by atoms with Gasteiger partial charge in [-0.2, -0.15) is 0 Å². The maximum atomic E-state index is 5.63. The molecule has 22 heavy (non-hydrogen) atoms. The summed E-state index contributed by atoms with van der Waals surface area (Å²) in [5.74, 6) is 3.23. The molecular formula is C17H21N5. The Morgan fingerprint density at radius 3 is 2.09 bits per heavy atom. The van der Waals surface area contributed by atoms with Crippen molar-refractivity contribution in [3.63, 3.8) is 0 Å². The van der Waals surface area contributed by atoms with Gasteiger partial charge in [0.1, 0.15) is 11.6 Å². The van der Waals surface area contributed by atoms with Crippen LogP contribution in [0, 0.1) is 11.8 Å². The summed E-state index contributed by atoms with van der Waals surface area (Å²) in [6.45, 7) is 4.70. The lowest BCUT2D eigenvalue weighted by Gasteiger charge is -2.20. The fourth-order valence-electron chi connectivity index (χ4n) is 3.73. The minimum absolute atomic E-state index is 0.543. The van der Waals surface area contributed by atoms with E-state index in [9.17, 15) is 0 Å². The predicted octanol–water partition coefficient (Wildman–Crippen LogP) is 1.72. The second-order valence-corrected chi connectivity index (χ2v) is 6.52. The maximum Gasteiger partial charge on any atom is 0.128 e. The van der Waals surface area contributed by atoms with E-state index in [0.29, 0.717) is 5.82 Å². The molecule has 0 saturated carbocycles. The summed E-state index contributed by atoms with van der Waals surface area (Å²) in [7, 11) is 2.22. The number of aromatic nitrogens is 2. The zero-order valence-corrected chi connectivity index (χ0v) is 12.8. The lowest BCUT2D eigenvalue weighted by Crippen LogP contribution is -2.27. The lowest BCUT2D eigenvalue weighted by molar-refractivity contribution is 0.387. The average Bonchev–Trinajstić information content (AvgIpc) is 3.05. The van der Waals surface area contributed by atoms with Crippen molar-refractivity contribution in [1.29, 1.82) is 0 Å². The van der Waals surface area contributed by atoms with Gasteiger partial charge in [0.25, 0.3) is 0 Å². The number of likely N-dealkylation sites (tertiary alicyclic amines) is 1. The molecule has 0 aliphatic carbocycles. The molecule has 2 atom stereocenters. The molecule has 2 aliphatic heterocycles. The monoisotopic (exact) mass is 295 g/mol. The molecule has 4 rings (SSSR count). The second-order valence-electron chi connectivity index (χ2n) is 6.52. The van der Waals surface area contributed by atoms with Gasteiger partial charge in [0, 0.05) is 49.7 Å². The molecule has 5 nitrogen and oxygen atoms in total. The van der Waals surface area contributed by atoms with Gasteiger partial charge in [-0.05, 0) is 43.1 Å².